The fraction of sp³-hybridized carbons (Fsp3) is 0.174. The molecule has 2 heteroatoms. The maximum atomic E-state index is 10.2. The summed E-state index contributed by atoms with van der Waals surface area (Å²) in [6, 6.07) is 32.2. The minimum absolute atomic E-state index is 0.296. The highest BCUT2D eigenvalue weighted by atomic mass is 31.2. The van der Waals surface area contributed by atoms with Crippen molar-refractivity contribution in [2.75, 3.05) is 0 Å². The zero-order chi connectivity index (χ0) is 17.5. The van der Waals surface area contributed by atoms with Gasteiger partial charge in [0.05, 0.1) is 6.10 Å². The van der Waals surface area contributed by atoms with E-state index < -0.39 is 6.89 Å². The van der Waals surface area contributed by atoms with Crippen LogP contribution in [-0.2, 0) is 0 Å². The first kappa shape index (κ1) is 17.7. The molecule has 1 N–H and O–H groups in total. The summed E-state index contributed by atoms with van der Waals surface area (Å²) < 4.78 is 0. The first-order valence-electron chi connectivity index (χ1n) is 8.85. The monoisotopic (exact) mass is 348 g/mol. The standard InChI is InChI=1S/C23H25OP/c1-2-20(24)18-19-25(21-12-6-3-7-13-21,22-14-8-4-9-15-22)23-16-10-5-11-17-23/h3-17,19-20,24H,2,18H2,1H3. The van der Waals surface area contributed by atoms with Gasteiger partial charge in [0.1, 0.15) is 0 Å². The SMILES string of the molecule is CCC(O)CC=P(c1ccccc1)(c1ccccc1)c1ccccc1. The van der Waals surface area contributed by atoms with Crippen molar-refractivity contribution in [1.82, 2.24) is 0 Å². The average Bonchev–Trinajstić information content (AvgIpc) is 2.71. The molecular formula is C23H25OP. The molecule has 25 heavy (non-hydrogen) atoms. The third kappa shape index (κ3) is 3.79. The highest BCUT2D eigenvalue weighted by Crippen LogP contribution is 2.44. The van der Waals surface area contributed by atoms with E-state index in [0.29, 0.717) is 6.42 Å². The Morgan fingerprint density at radius 3 is 1.40 bits per heavy atom. The van der Waals surface area contributed by atoms with Crippen molar-refractivity contribution < 1.29 is 5.11 Å². The fourth-order valence-corrected chi connectivity index (χ4v) is 7.21. The van der Waals surface area contributed by atoms with Crippen molar-refractivity contribution in [3.8, 4) is 0 Å². The van der Waals surface area contributed by atoms with Gasteiger partial charge in [-0.2, -0.15) is 0 Å². The third-order valence-corrected chi connectivity index (χ3v) is 8.71. The topological polar surface area (TPSA) is 20.2 Å². The van der Waals surface area contributed by atoms with Crippen LogP contribution in [0.25, 0.3) is 0 Å². The molecular weight excluding hydrogens is 323 g/mol. The third-order valence-electron chi connectivity index (χ3n) is 4.61. The van der Waals surface area contributed by atoms with Gasteiger partial charge in [0.2, 0.25) is 0 Å². The van der Waals surface area contributed by atoms with Crippen molar-refractivity contribution in [2.24, 2.45) is 0 Å². The van der Waals surface area contributed by atoms with E-state index in [1.807, 2.05) is 6.92 Å². The van der Waals surface area contributed by atoms with Crippen molar-refractivity contribution >= 4 is 28.6 Å². The van der Waals surface area contributed by atoms with Gasteiger partial charge in [0, 0.05) is 0 Å². The zero-order valence-corrected chi connectivity index (χ0v) is 15.5. The molecule has 0 bridgehead atoms. The van der Waals surface area contributed by atoms with Crippen LogP contribution in [0.3, 0.4) is 0 Å². The smallest absolute Gasteiger partial charge is 0.0572 e. The molecule has 0 spiro atoms. The second kappa shape index (κ2) is 8.34. The molecule has 1 nitrogen and oxygen atoms in total. The number of hydrogen-bond acceptors (Lipinski definition) is 1. The normalized spacial score (nSPS) is 12.6. The Kier molecular flexibility index (Phi) is 5.91. The van der Waals surface area contributed by atoms with E-state index in [-0.39, 0.29) is 6.10 Å². The lowest BCUT2D eigenvalue weighted by molar-refractivity contribution is 0.180. The van der Waals surface area contributed by atoms with Gasteiger partial charge in [-0.1, -0.05) is 104 Å². The molecule has 3 rings (SSSR count). The molecule has 3 aromatic carbocycles. The summed E-state index contributed by atoms with van der Waals surface area (Å²) >= 11 is 0. The first-order chi connectivity index (χ1) is 12.3. The molecule has 0 radical (unpaired) electrons. The van der Waals surface area contributed by atoms with E-state index in [1.165, 1.54) is 15.9 Å². The Balaban J connectivity index is 2.32. The summed E-state index contributed by atoms with van der Waals surface area (Å²) in [6.07, 6.45) is 1.17. The van der Waals surface area contributed by atoms with Crippen molar-refractivity contribution in [2.45, 2.75) is 25.9 Å². The minimum atomic E-state index is -1.91. The Hall–Kier alpha value is -2.08. The molecule has 0 aromatic heterocycles. The zero-order valence-electron chi connectivity index (χ0n) is 14.6. The van der Waals surface area contributed by atoms with E-state index >= 15 is 0 Å². The molecule has 0 amide bonds. The molecule has 1 atom stereocenters. The number of benzene rings is 3. The molecule has 0 saturated carbocycles. The number of aliphatic hydroxyl groups excluding tert-OH is 1. The van der Waals surface area contributed by atoms with E-state index in [0.717, 1.165) is 6.42 Å². The maximum Gasteiger partial charge on any atom is 0.0572 e. The summed E-state index contributed by atoms with van der Waals surface area (Å²) in [5, 5.41) is 14.2. The number of rotatable bonds is 6. The molecule has 0 aliphatic heterocycles. The quantitative estimate of drug-likeness (QED) is 0.669. The molecule has 0 aliphatic carbocycles. The van der Waals surface area contributed by atoms with E-state index in [9.17, 15) is 5.11 Å². The lowest BCUT2D eigenvalue weighted by Gasteiger charge is -2.29. The fourth-order valence-electron chi connectivity index (χ4n) is 3.20. The maximum absolute atomic E-state index is 10.2. The van der Waals surface area contributed by atoms with Crippen molar-refractivity contribution in [1.29, 1.82) is 0 Å². The summed E-state index contributed by atoms with van der Waals surface area (Å²) in [5.74, 6) is 2.39. The van der Waals surface area contributed by atoms with Gasteiger partial charge in [-0.05, 0) is 35.6 Å². The second-order valence-electron chi connectivity index (χ2n) is 6.21. The van der Waals surface area contributed by atoms with Crippen LogP contribution in [0, 0.1) is 0 Å². The van der Waals surface area contributed by atoms with Gasteiger partial charge in [0.25, 0.3) is 0 Å². The predicted octanol–water partition coefficient (Wildman–Crippen LogP) is 3.94. The van der Waals surface area contributed by atoms with Gasteiger partial charge in [-0.3, -0.25) is 0 Å². The van der Waals surface area contributed by atoms with Crippen molar-refractivity contribution in [3.05, 3.63) is 91.0 Å². The van der Waals surface area contributed by atoms with Crippen LogP contribution in [0.4, 0.5) is 0 Å². The minimum Gasteiger partial charge on any atom is -0.393 e. The van der Waals surface area contributed by atoms with Gasteiger partial charge in [-0.25, -0.2) is 0 Å². The molecule has 128 valence electrons. The average molecular weight is 348 g/mol. The molecule has 0 heterocycles. The largest absolute Gasteiger partial charge is 0.393 e. The van der Waals surface area contributed by atoms with Crippen LogP contribution in [0.2, 0.25) is 0 Å². The molecule has 0 fully saturated rings. The lowest BCUT2D eigenvalue weighted by Crippen LogP contribution is -2.27. The van der Waals surface area contributed by atoms with Crippen LogP contribution in [0.5, 0.6) is 0 Å². The Morgan fingerprint density at radius 1 is 0.720 bits per heavy atom. The van der Waals surface area contributed by atoms with Crippen LogP contribution in [0.1, 0.15) is 19.8 Å². The van der Waals surface area contributed by atoms with E-state index in [2.05, 4.69) is 96.8 Å². The molecule has 1 unspecified atom stereocenters. The van der Waals surface area contributed by atoms with Crippen LogP contribution in [0.15, 0.2) is 91.0 Å². The van der Waals surface area contributed by atoms with Crippen molar-refractivity contribution in [3.63, 3.8) is 0 Å². The Morgan fingerprint density at radius 2 is 1.08 bits per heavy atom. The summed E-state index contributed by atoms with van der Waals surface area (Å²) in [6.45, 7) is 0.129. The number of hydrogen-bond donors (Lipinski definition) is 1. The summed E-state index contributed by atoms with van der Waals surface area (Å²) in [5.41, 5.74) is 0. The summed E-state index contributed by atoms with van der Waals surface area (Å²) in [7, 11) is 0. The van der Waals surface area contributed by atoms with Gasteiger partial charge in [0.15, 0.2) is 0 Å². The van der Waals surface area contributed by atoms with Gasteiger partial charge < -0.3 is 5.11 Å². The Bertz CT molecular complexity index is 722. The van der Waals surface area contributed by atoms with E-state index in [4.69, 9.17) is 0 Å². The molecule has 0 aliphatic rings. The summed E-state index contributed by atoms with van der Waals surface area (Å²) in [4.78, 5) is 0. The van der Waals surface area contributed by atoms with Crippen LogP contribution >= 0.6 is 6.89 Å². The van der Waals surface area contributed by atoms with Crippen LogP contribution in [-0.4, -0.2) is 17.0 Å². The predicted molar refractivity (Wildman–Crippen MR) is 112 cm³/mol. The van der Waals surface area contributed by atoms with Gasteiger partial charge in [-0.15, -0.1) is 0 Å². The van der Waals surface area contributed by atoms with Gasteiger partial charge >= 0.3 is 0 Å². The molecule has 0 saturated heterocycles. The highest BCUT2D eigenvalue weighted by Gasteiger charge is 2.24. The highest BCUT2D eigenvalue weighted by molar-refractivity contribution is 7.94. The molecule has 3 aromatic rings. The lowest BCUT2D eigenvalue weighted by atomic mass is 10.2. The Labute approximate surface area is 151 Å². The van der Waals surface area contributed by atoms with E-state index in [1.54, 1.807) is 0 Å². The second-order valence-corrected chi connectivity index (χ2v) is 9.57. The van der Waals surface area contributed by atoms with Crippen LogP contribution < -0.4 is 15.9 Å². The first-order valence-corrected chi connectivity index (χ1v) is 10.7. The number of aliphatic hydroxyl groups is 1.